The first-order valence-corrected chi connectivity index (χ1v) is 10.1. The quantitative estimate of drug-likeness (QED) is 0.481. The number of aromatic nitrogens is 2. The predicted octanol–water partition coefficient (Wildman–Crippen LogP) is 4.64. The number of aryl methyl sites for hydroxylation is 2. The summed E-state index contributed by atoms with van der Waals surface area (Å²) in [5, 5.41) is 16.4. The molecule has 3 N–H and O–H groups in total. The van der Waals surface area contributed by atoms with Crippen molar-refractivity contribution in [2.45, 2.75) is 38.7 Å². The second-order valence-corrected chi connectivity index (χ2v) is 7.76. The van der Waals surface area contributed by atoms with Crippen LogP contribution in [0.15, 0.2) is 48.5 Å². The molecule has 0 saturated heterocycles. The number of carbonyl (C=O) groups excluding carboxylic acids is 1. The summed E-state index contributed by atoms with van der Waals surface area (Å²) in [6.45, 7) is 1.48. The first-order chi connectivity index (χ1) is 14.1. The van der Waals surface area contributed by atoms with Crippen LogP contribution in [0.25, 0.3) is 21.8 Å². The molecule has 0 aliphatic heterocycles. The number of anilines is 1. The van der Waals surface area contributed by atoms with Crippen molar-refractivity contribution in [3.8, 4) is 0 Å². The van der Waals surface area contributed by atoms with Crippen LogP contribution in [0.5, 0.6) is 0 Å². The van der Waals surface area contributed by atoms with Gasteiger partial charge < -0.3 is 15.4 Å². The van der Waals surface area contributed by atoms with E-state index in [1.807, 2.05) is 18.2 Å². The third kappa shape index (κ3) is 3.08. The molecule has 146 valence electrons. The molecule has 2 aromatic carbocycles. The summed E-state index contributed by atoms with van der Waals surface area (Å²) in [5.41, 5.74) is 6.55. The number of aliphatic hydroxyl groups is 1. The van der Waals surface area contributed by atoms with Gasteiger partial charge in [0.25, 0.3) is 0 Å². The number of hydrogen-bond donors (Lipinski definition) is 3. The topological polar surface area (TPSA) is 78.0 Å². The number of aromatic amines is 1. The second-order valence-electron chi connectivity index (χ2n) is 7.76. The molecule has 29 heavy (non-hydrogen) atoms. The number of hydrogen-bond acceptors (Lipinski definition) is 3. The summed E-state index contributed by atoms with van der Waals surface area (Å²) in [5.74, 6) is -0.116. The van der Waals surface area contributed by atoms with Crippen molar-refractivity contribution in [2.75, 3.05) is 5.32 Å². The van der Waals surface area contributed by atoms with Crippen LogP contribution in [0, 0.1) is 0 Å². The van der Waals surface area contributed by atoms with E-state index in [0.717, 1.165) is 41.6 Å². The summed E-state index contributed by atoms with van der Waals surface area (Å²) in [7, 11) is 0. The van der Waals surface area contributed by atoms with E-state index in [1.54, 1.807) is 12.1 Å². The van der Waals surface area contributed by atoms with Crippen LogP contribution in [-0.2, 0) is 17.6 Å². The minimum atomic E-state index is -0.843. The lowest BCUT2D eigenvalue weighted by atomic mass is 9.90. The van der Waals surface area contributed by atoms with E-state index in [4.69, 9.17) is 4.98 Å². The van der Waals surface area contributed by atoms with Gasteiger partial charge in [0.2, 0.25) is 5.91 Å². The highest BCUT2D eigenvalue weighted by Gasteiger charge is 2.24. The number of nitrogens with one attached hydrogen (secondary N) is 2. The summed E-state index contributed by atoms with van der Waals surface area (Å²) < 4.78 is 0. The predicted molar refractivity (Wildman–Crippen MR) is 115 cm³/mol. The Bertz CT molecular complexity index is 1220. The third-order valence-corrected chi connectivity index (χ3v) is 5.76. The first-order valence-electron chi connectivity index (χ1n) is 10.1. The Morgan fingerprint density at radius 1 is 1.10 bits per heavy atom. The minimum absolute atomic E-state index is 0.116. The van der Waals surface area contributed by atoms with Crippen LogP contribution in [-0.4, -0.2) is 21.0 Å². The molecule has 5 heteroatoms. The van der Waals surface area contributed by atoms with Crippen molar-refractivity contribution in [3.63, 3.8) is 0 Å². The van der Waals surface area contributed by atoms with Crippen molar-refractivity contribution in [2.24, 2.45) is 0 Å². The molecule has 1 unspecified atom stereocenters. The molecule has 2 aromatic heterocycles. The molecular weight excluding hydrogens is 362 g/mol. The Morgan fingerprint density at radius 3 is 2.66 bits per heavy atom. The third-order valence-electron chi connectivity index (χ3n) is 5.76. The molecule has 0 spiro atoms. The molecule has 0 bridgehead atoms. The number of H-pyrrole nitrogens is 1. The molecule has 0 fully saturated rings. The molecule has 1 amide bonds. The number of nitrogens with zero attached hydrogens (tertiary/aromatic N) is 1. The Kier molecular flexibility index (Phi) is 4.32. The first kappa shape index (κ1) is 17.9. The minimum Gasteiger partial charge on any atom is -0.382 e. The van der Waals surface area contributed by atoms with Gasteiger partial charge in [-0.25, -0.2) is 0 Å². The highest BCUT2D eigenvalue weighted by atomic mass is 16.3. The Labute approximate surface area is 168 Å². The fourth-order valence-corrected chi connectivity index (χ4v) is 4.44. The molecular formula is C24H23N3O2. The number of aliphatic hydroxyl groups excluding tert-OH is 1. The monoisotopic (exact) mass is 385 g/mol. The van der Waals surface area contributed by atoms with Gasteiger partial charge in [-0.05, 0) is 55.0 Å². The Morgan fingerprint density at radius 2 is 1.86 bits per heavy atom. The molecule has 1 aliphatic carbocycles. The van der Waals surface area contributed by atoms with E-state index in [2.05, 4.69) is 28.5 Å². The average molecular weight is 385 g/mol. The van der Waals surface area contributed by atoms with Crippen LogP contribution in [0.1, 0.15) is 48.4 Å². The van der Waals surface area contributed by atoms with Crippen molar-refractivity contribution in [1.29, 1.82) is 0 Å². The molecule has 0 radical (unpaired) electrons. The lowest BCUT2D eigenvalue weighted by molar-refractivity contribution is -0.114. The summed E-state index contributed by atoms with van der Waals surface area (Å²) in [4.78, 5) is 19.7. The van der Waals surface area contributed by atoms with E-state index in [9.17, 15) is 9.90 Å². The van der Waals surface area contributed by atoms with E-state index >= 15 is 0 Å². The number of benzene rings is 2. The second kappa shape index (κ2) is 7.01. The average Bonchev–Trinajstić information content (AvgIpc) is 3.13. The molecule has 0 saturated carbocycles. The van der Waals surface area contributed by atoms with Crippen LogP contribution in [0.4, 0.5) is 5.69 Å². The van der Waals surface area contributed by atoms with Crippen molar-refractivity contribution < 1.29 is 9.90 Å². The van der Waals surface area contributed by atoms with Gasteiger partial charge in [0.1, 0.15) is 6.10 Å². The highest BCUT2D eigenvalue weighted by Crippen LogP contribution is 2.38. The number of fused-ring (bicyclic) bond motifs is 5. The number of para-hydroxylation sites is 1. The van der Waals surface area contributed by atoms with Crippen molar-refractivity contribution in [1.82, 2.24) is 9.97 Å². The lowest BCUT2D eigenvalue weighted by Crippen LogP contribution is -2.12. The van der Waals surface area contributed by atoms with Crippen molar-refractivity contribution in [3.05, 3.63) is 71.0 Å². The maximum atomic E-state index is 11.2. The van der Waals surface area contributed by atoms with Crippen LogP contribution >= 0.6 is 0 Å². The van der Waals surface area contributed by atoms with E-state index in [1.165, 1.54) is 29.7 Å². The van der Waals surface area contributed by atoms with Gasteiger partial charge in [-0.2, -0.15) is 0 Å². The fourth-order valence-electron chi connectivity index (χ4n) is 4.44. The van der Waals surface area contributed by atoms with Gasteiger partial charge in [-0.3, -0.25) is 9.78 Å². The number of carbonyl (C=O) groups is 1. The van der Waals surface area contributed by atoms with Gasteiger partial charge in [-0.15, -0.1) is 0 Å². The number of amides is 1. The van der Waals surface area contributed by atoms with Crippen molar-refractivity contribution >= 4 is 33.4 Å². The largest absolute Gasteiger partial charge is 0.382 e. The standard InChI is InChI=1S/C24H23N3O2/c1-14(28)25-16-12-10-15(11-13-16)24(29)23-22-21(17-6-2-4-8-19(17)26-22)18-7-3-5-9-20(18)27-23/h2,4,6,8,10-13,24,26,29H,3,5,7,9H2,1H3,(H,25,28). The van der Waals surface area contributed by atoms with E-state index < -0.39 is 6.10 Å². The lowest BCUT2D eigenvalue weighted by Gasteiger charge is -2.20. The molecule has 2 heterocycles. The number of rotatable bonds is 3. The summed E-state index contributed by atoms with van der Waals surface area (Å²) in [6, 6.07) is 15.6. The summed E-state index contributed by atoms with van der Waals surface area (Å²) in [6.07, 6.45) is 3.45. The zero-order chi connectivity index (χ0) is 20.0. The Hall–Kier alpha value is -3.18. The normalized spacial score (nSPS) is 14.7. The van der Waals surface area contributed by atoms with E-state index in [-0.39, 0.29) is 5.91 Å². The van der Waals surface area contributed by atoms with Gasteiger partial charge >= 0.3 is 0 Å². The zero-order valence-electron chi connectivity index (χ0n) is 16.3. The zero-order valence-corrected chi connectivity index (χ0v) is 16.3. The van der Waals surface area contributed by atoms with Crippen LogP contribution in [0.3, 0.4) is 0 Å². The maximum absolute atomic E-state index is 11.2. The number of pyridine rings is 1. The molecule has 1 atom stereocenters. The highest BCUT2D eigenvalue weighted by molar-refractivity contribution is 6.10. The molecule has 5 rings (SSSR count). The molecule has 1 aliphatic rings. The van der Waals surface area contributed by atoms with Gasteiger partial charge in [0.05, 0.1) is 11.2 Å². The molecule has 4 aromatic rings. The molecule has 5 nitrogen and oxygen atoms in total. The maximum Gasteiger partial charge on any atom is 0.221 e. The van der Waals surface area contributed by atoms with Gasteiger partial charge in [-0.1, -0.05) is 30.3 Å². The smallest absolute Gasteiger partial charge is 0.221 e. The SMILES string of the molecule is CC(=O)Nc1ccc(C(O)c2nc3c(c4c2[nH]c2ccccc24)CCCC3)cc1. The fraction of sp³-hybridized carbons (Fsp3) is 0.250. The van der Waals surface area contributed by atoms with Gasteiger partial charge in [0.15, 0.2) is 0 Å². The van der Waals surface area contributed by atoms with Crippen LogP contribution in [0.2, 0.25) is 0 Å². The summed E-state index contributed by atoms with van der Waals surface area (Å²) >= 11 is 0. The van der Waals surface area contributed by atoms with Gasteiger partial charge in [0, 0.05) is 34.6 Å². The van der Waals surface area contributed by atoms with E-state index in [0.29, 0.717) is 11.4 Å². The van der Waals surface area contributed by atoms with Crippen LogP contribution < -0.4 is 5.32 Å². The Balaban J connectivity index is 1.67.